The quantitative estimate of drug-likeness (QED) is 0.912. The predicted octanol–water partition coefficient (Wildman–Crippen LogP) is 3.96. The Labute approximate surface area is 126 Å². The molecule has 0 aliphatic carbocycles. The third kappa shape index (κ3) is 2.51. The molecule has 0 radical (unpaired) electrons. The summed E-state index contributed by atoms with van der Waals surface area (Å²) in [5.41, 5.74) is 7.11. The van der Waals surface area contributed by atoms with Crippen molar-refractivity contribution in [3.8, 4) is 16.9 Å². The van der Waals surface area contributed by atoms with E-state index in [1.807, 2.05) is 18.2 Å². The van der Waals surface area contributed by atoms with Gasteiger partial charge in [0, 0.05) is 28.4 Å². The molecule has 3 rings (SSSR count). The summed E-state index contributed by atoms with van der Waals surface area (Å²) < 4.78 is 19.7. The van der Waals surface area contributed by atoms with Crippen molar-refractivity contribution in [3.63, 3.8) is 0 Å². The van der Waals surface area contributed by atoms with Gasteiger partial charge in [-0.25, -0.2) is 4.39 Å². The Bertz CT molecular complexity index is 650. The van der Waals surface area contributed by atoms with Crippen molar-refractivity contribution in [3.05, 3.63) is 47.2 Å². The van der Waals surface area contributed by atoms with Crippen molar-refractivity contribution >= 4 is 23.4 Å². The highest BCUT2D eigenvalue weighted by Gasteiger charge is 2.24. The maximum atomic E-state index is 13.8. The maximum absolute atomic E-state index is 13.8. The number of halogens is 2. The first-order valence-corrected chi connectivity index (χ1v) is 7.63. The van der Waals surface area contributed by atoms with Gasteiger partial charge >= 0.3 is 0 Å². The summed E-state index contributed by atoms with van der Waals surface area (Å²) in [4.78, 5) is 0.796. The summed E-state index contributed by atoms with van der Waals surface area (Å²) in [6.07, 6.45) is -0.0563. The SMILES string of the molecule is NCC1CSc2cc(F)cc(-c3ccccc3Cl)c2O1. The topological polar surface area (TPSA) is 35.2 Å². The van der Waals surface area contributed by atoms with E-state index in [-0.39, 0.29) is 11.9 Å². The lowest BCUT2D eigenvalue weighted by Gasteiger charge is -2.27. The van der Waals surface area contributed by atoms with Crippen LogP contribution in [0.2, 0.25) is 5.02 Å². The van der Waals surface area contributed by atoms with Crippen molar-refractivity contribution in [1.29, 1.82) is 0 Å². The Kier molecular flexibility index (Phi) is 3.87. The van der Waals surface area contributed by atoms with Crippen molar-refractivity contribution < 1.29 is 9.13 Å². The van der Waals surface area contributed by atoms with E-state index >= 15 is 0 Å². The molecule has 104 valence electrons. The van der Waals surface area contributed by atoms with Crippen LogP contribution in [0.4, 0.5) is 4.39 Å². The van der Waals surface area contributed by atoms with E-state index in [1.54, 1.807) is 17.8 Å². The van der Waals surface area contributed by atoms with Crippen molar-refractivity contribution in [2.24, 2.45) is 5.73 Å². The number of hydrogen-bond donors (Lipinski definition) is 1. The molecule has 2 aromatic rings. The standard InChI is InChI=1S/C15H13ClFNOS/c16-13-4-2-1-3-11(13)12-5-9(17)6-14-15(12)19-10(7-18)8-20-14/h1-6,10H,7-8,18H2. The van der Waals surface area contributed by atoms with E-state index in [2.05, 4.69) is 0 Å². The average molecular weight is 310 g/mol. The van der Waals surface area contributed by atoms with Crippen molar-refractivity contribution in [1.82, 2.24) is 0 Å². The van der Waals surface area contributed by atoms with E-state index in [1.165, 1.54) is 12.1 Å². The lowest BCUT2D eigenvalue weighted by Crippen LogP contribution is -2.31. The van der Waals surface area contributed by atoms with Crippen molar-refractivity contribution in [2.75, 3.05) is 12.3 Å². The highest BCUT2D eigenvalue weighted by Crippen LogP contribution is 2.44. The minimum atomic E-state index is -0.291. The number of benzene rings is 2. The molecule has 0 aromatic heterocycles. The normalized spacial score (nSPS) is 17.4. The van der Waals surface area contributed by atoms with Gasteiger partial charge in [-0.05, 0) is 18.2 Å². The Morgan fingerprint density at radius 1 is 1.30 bits per heavy atom. The third-order valence-corrected chi connectivity index (χ3v) is 4.64. The molecule has 0 fully saturated rings. The molecule has 0 spiro atoms. The number of thioether (sulfide) groups is 1. The first-order chi connectivity index (χ1) is 9.69. The van der Waals surface area contributed by atoms with Crippen LogP contribution in [0.3, 0.4) is 0 Å². The lowest BCUT2D eigenvalue weighted by atomic mass is 10.0. The summed E-state index contributed by atoms with van der Waals surface area (Å²) in [7, 11) is 0. The molecule has 1 unspecified atom stereocenters. The first-order valence-electron chi connectivity index (χ1n) is 6.27. The highest BCUT2D eigenvalue weighted by molar-refractivity contribution is 7.99. The van der Waals surface area contributed by atoms with E-state index in [0.29, 0.717) is 22.9 Å². The van der Waals surface area contributed by atoms with Crippen LogP contribution in [0.5, 0.6) is 5.75 Å². The van der Waals surface area contributed by atoms with Crippen LogP contribution in [0.25, 0.3) is 11.1 Å². The van der Waals surface area contributed by atoms with Gasteiger partial charge in [0.25, 0.3) is 0 Å². The summed E-state index contributed by atoms with van der Waals surface area (Å²) in [5, 5.41) is 0.573. The molecule has 0 saturated carbocycles. The van der Waals surface area contributed by atoms with Gasteiger partial charge in [0.15, 0.2) is 0 Å². The Balaban J connectivity index is 2.16. The zero-order valence-electron chi connectivity index (χ0n) is 10.6. The lowest BCUT2D eigenvalue weighted by molar-refractivity contribution is 0.224. The molecule has 5 heteroatoms. The van der Waals surface area contributed by atoms with Gasteiger partial charge in [0.1, 0.15) is 17.7 Å². The Hall–Kier alpha value is -1.23. The molecule has 0 amide bonds. The molecule has 20 heavy (non-hydrogen) atoms. The minimum Gasteiger partial charge on any atom is -0.486 e. The summed E-state index contributed by atoms with van der Waals surface area (Å²) >= 11 is 7.78. The van der Waals surface area contributed by atoms with Gasteiger partial charge in [0.05, 0.1) is 4.90 Å². The fourth-order valence-corrected chi connectivity index (χ4v) is 3.47. The van der Waals surface area contributed by atoms with E-state index < -0.39 is 0 Å². The number of rotatable bonds is 2. The van der Waals surface area contributed by atoms with Crippen LogP contribution in [-0.4, -0.2) is 18.4 Å². The first kappa shape index (κ1) is 13.7. The molecule has 2 N–H and O–H groups in total. The number of nitrogens with two attached hydrogens (primary N) is 1. The minimum absolute atomic E-state index is 0.0563. The Morgan fingerprint density at radius 3 is 2.85 bits per heavy atom. The third-order valence-electron chi connectivity index (χ3n) is 3.16. The summed E-state index contributed by atoms with van der Waals surface area (Å²) in [5.74, 6) is 1.11. The molecule has 1 atom stereocenters. The molecule has 1 aliphatic heterocycles. The highest BCUT2D eigenvalue weighted by atomic mass is 35.5. The molecular formula is C15H13ClFNOS. The van der Waals surface area contributed by atoms with Crippen LogP contribution in [0, 0.1) is 5.82 Å². The zero-order valence-corrected chi connectivity index (χ0v) is 12.2. The zero-order chi connectivity index (χ0) is 14.1. The van der Waals surface area contributed by atoms with Crippen LogP contribution in [-0.2, 0) is 0 Å². The van der Waals surface area contributed by atoms with Crippen molar-refractivity contribution in [2.45, 2.75) is 11.0 Å². The fraction of sp³-hybridized carbons (Fsp3) is 0.200. The summed E-state index contributed by atoms with van der Waals surface area (Å²) in [6, 6.07) is 10.3. The Morgan fingerprint density at radius 2 is 2.10 bits per heavy atom. The predicted molar refractivity (Wildman–Crippen MR) is 81.0 cm³/mol. The molecular weight excluding hydrogens is 297 g/mol. The van der Waals surface area contributed by atoms with E-state index in [0.717, 1.165) is 16.2 Å². The van der Waals surface area contributed by atoms with Gasteiger partial charge in [-0.3, -0.25) is 0 Å². The van der Waals surface area contributed by atoms with E-state index in [9.17, 15) is 4.39 Å². The van der Waals surface area contributed by atoms with Crippen LogP contribution >= 0.6 is 23.4 Å². The molecule has 2 aromatic carbocycles. The van der Waals surface area contributed by atoms with E-state index in [4.69, 9.17) is 22.1 Å². The number of fused-ring (bicyclic) bond motifs is 1. The number of ether oxygens (including phenoxy) is 1. The smallest absolute Gasteiger partial charge is 0.141 e. The molecule has 1 aliphatic rings. The van der Waals surface area contributed by atoms with Gasteiger partial charge in [-0.1, -0.05) is 29.8 Å². The second-order valence-corrected chi connectivity index (χ2v) is 6.02. The molecule has 0 saturated heterocycles. The van der Waals surface area contributed by atoms with Gasteiger partial charge in [0.2, 0.25) is 0 Å². The molecule has 2 nitrogen and oxygen atoms in total. The number of hydrogen-bond acceptors (Lipinski definition) is 3. The summed E-state index contributed by atoms with van der Waals surface area (Å²) in [6.45, 7) is 0.436. The average Bonchev–Trinajstić information content (AvgIpc) is 2.46. The monoisotopic (exact) mass is 309 g/mol. The van der Waals surface area contributed by atoms with Gasteiger partial charge < -0.3 is 10.5 Å². The molecule has 0 bridgehead atoms. The fourth-order valence-electron chi connectivity index (χ4n) is 2.18. The second kappa shape index (κ2) is 5.64. The van der Waals surface area contributed by atoms with Crippen LogP contribution < -0.4 is 10.5 Å². The van der Waals surface area contributed by atoms with Crippen LogP contribution in [0.1, 0.15) is 0 Å². The van der Waals surface area contributed by atoms with Gasteiger partial charge in [-0.2, -0.15) is 0 Å². The van der Waals surface area contributed by atoms with Crippen LogP contribution in [0.15, 0.2) is 41.3 Å². The molecule has 1 heterocycles. The largest absolute Gasteiger partial charge is 0.486 e. The van der Waals surface area contributed by atoms with Gasteiger partial charge in [-0.15, -0.1) is 11.8 Å². The second-order valence-electron chi connectivity index (χ2n) is 4.55. The maximum Gasteiger partial charge on any atom is 0.141 e.